The van der Waals surface area contributed by atoms with Crippen LogP contribution in [0.2, 0.25) is 0 Å². The Morgan fingerprint density at radius 2 is 2.16 bits per heavy atom. The van der Waals surface area contributed by atoms with E-state index in [9.17, 15) is 4.79 Å². The molecule has 1 aromatic heterocycles. The van der Waals surface area contributed by atoms with Crippen LogP contribution in [0.25, 0.3) is 0 Å². The number of ether oxygens (including phenoxy) is 1. The summed E-state index contributed by atoms with van der Waals surface area (Å²) in [6.45, 7) is 1.90. The second kappa shape index (κ2) is 5.01. The SMILES string of the molecule is COc1cc(Nc2cc(C)ccc2C(=O)O)nn1C. The van der Waals surface area contributed by atoms with Crippen LogP contribution in [0, 0.1) is 6.92 Å². The lowest BCUT2D eigenvalue weighted by Gasteiger charge is -2.07. The predicted molar refractivity (Wildman–Crippen MR) is 71.2 cm³/mol. The molecule has 2 rings (SSSR count). The van der Waals surface area contributed by atoms with Crippen molar-refractivity contribution in [3.05, 3.63) is 35.4 Å². The largest absolute Gasteiger partial charge is 0.481 e. The maximum absolute atomic E-state index is 11.2. The molecular weight excluding hydrogens is 246 g/mol. The van der Waals surface area contributed by atoms with Crippen molar-refractivity contribution < 1.29 is 14.6 Å². The Hall–Kier alpha value is -2.50. The zero-order valence-corrected chi connectivity index (χ0v) is 11.0. The smallest absolute Gasteiger partial charge is 0.337 e. The third-order valence-corrected chi connectivity index (χ3v) is 2.71. The average molecular weight is 261 g/mol. The number of rotatable bonds is 4. The van der Waals surface area contributed by atoms with Gasteiger partial charge in [0.05, 0.1) is 18.4 Å². The fraction of sp³-hybridized carbons (Fsp3) is 0.231. The van der Waals surface area contributed by atoms with Gasteiger partial charge in [0.1, 0.15) is 0 Å². The molecule has 0 radical (unpaired) electrons. The summed E-state index contributed by atoms with van der Waals surface area (Å²) in [6.07, 6.45) is 0. The van der Waals surface area contributed by atoms with Crippen molar-refractivity contribution >= 4 is 17.5 Å². The number of nitrogens with one attached hydrogen (secondary N) is 1. The lowest BCUT2D eigenvalue weighted by atomic mass is 10.1. The Kier molecular flexibility index (Phi) is 3.41. The minimum absolute atomic E-state index is 0.204. The van der Waals surface area contributed by atoms with Crippen molar-refractivity contribution in [3.63, 3.8) is 0 Å². The molecule has 6 nitrogen and oxygen atoms in total. The Morgan fingerprint density at radius 1 is 1.42 bits per heavy atom. The molecule has 0 atom stereocenters. The van der Waals surface area contributed by atoms with E-state index < -0.39 is 5.97 Å². The molecule has 0 aliphatic rings. The van der Waals surface area contributed by atoms with Gasteiger partial charge in [0.25, 0.3) is 0 Å². The number of aromatic carboxylic acids is 1. The van der Waals surface area contributed by atoms with Gasteiger partial charge in [0.15, 0.2) is 5.82 Å². The first kappa shape index (κ1) is 12.9. The normalized spacial score (nSPS) is 10.3. The molecule has 6 heteroatoms. The van der Waals surface area contributed by atoms with Crippen molar-refractivity contribution in [1.82, 2.24) is 9.78 Å². The molecule has 0 saturated carbocycles. The average Bonchev–Trinajstić information content (AvgIpc) is 2.69. The Labute approximate surface area is 110 Å². The van der Waals surface area contributed by atoms with Crippen LogP contribution in [-0.2, 0) is 7.05 Å². The number of hydrogen-bond acceptors (Lipinski definition) is 4. The molecule has 0 spiro atoms. The van der Waals surface area contributed by atoms with Crippen LogP contribution in [0.1, 0.15) is 15.9 Å². The van der Waals surface area contributed by atoms with Crippen LogP contribution in [0.3, 0.4) is 0 Å². The quantitative estimate of drug-likeness (QED) is 0.882. The van der Waals surface area contributed by atoms with Gasteiger partial charge in [0, 0.05) is 13.1 Å². The summed E-state index contributed by atoms with van der Waals surface area (Å²) in [7, 11) is 3.30. The number of carboxylic acid groups (broad SMARTS) is 1. The predicted octanol–water partition coefficient (Wildman–Crippen LogP) is 2.18. The fourth-order valence-electron chi connectivity index (χ4n) is 1.79. The van der Waals surface area contributed by atoms with Gasteiger partial charge in [-0.25, -0.2) is 9.48 Å². The zero-order valence-electron chi connectivity index (χ0n) is 11.0. The van der Waals surface area contributed by atoms with Crippen LogP contribution in [0.15, 0.2) is 24.3 Å². The molecule has 1 heterocycles. The van der Waals surface area contributed by atoms with Crippen LogP contribution < -0.4 is 10.1 Å². The van der Waals surface area contributed by atoms with Crippen molar-refractivity contribution in [2.45, 2.75) is 6.92 Å². The maximum Gasteiger partial charge on any atom is 0.337 e. The molecule has 0 amide bonds. The lowest BCUT2D eigenvalue weighted by molar-refractivity contribution is 0.0698. The highest BCUT2D eigenvalue weighted by molar-refractivity contribution is 5.95. The number of benzene rings is 1. The van der Waals surface area contributed by atoms with E-state index in [4.69, 9.17) is 9.84 Å². The summed E-state index contributed by atoms with van der Waals surface area (Å²) in [5.41, 5.74) is 1.68. The van der Waals surface area contributed by atoms with Gasteiger partial charge in [-0.3, -0.25) is 0 Å². The Balaban J connectivity index is 2.36. The first-order valence-corrected chi connectivity index (χ1v) is 5.70. The van der Waals surface area contributed by atoms with Crippen molar-refractivity contribution in [2.75, 3.05) is 12.4 Å². The van der Waals surface area contributed by atoms with Crippen LogP contribution in [-0.4, -0.2) is 28.0 Å². The standard InChI is InChI=1S/C13H15N3O3/c1-8-4-5-9(13(17)18)10(6-8)14-11-7-12(19-3)16(2)15-11/h4-7H,1-3H3,(H,14,15)(H,17,18). The molecular formula is C13H15N3O3. The molecule has 100 valence electrons. The van der Waals surface area contributed by atoms with Gasteiger partial charge in [-0.1, -0.05) is 6.07 Å². The van der Waals surface area contributed by atoms with E-state index in [0.29, 0.717) is 17.4 Å². The van der Waals surface area contributed by atoms with Crippen LogP contribution in [0.5, 0.6) is 5.88 Å². The fourth-order valence-corrected chi connectivity index (χ4v) is 1.79. The van der Waals surface area contributed by atoms with Crippen molar-refractivity contribution in [1.29, 1.82) is 0 Å². The first-order valence-electron chi connectivity index (χ1n) is 5.70. The minimum atomic E-state index is -0.981. The molecule has 0 aliphatic carbocycles. The number of aryl methyl sites for hydroxylation is 2. The summed E-state index contributed by atoms with van der Waals surface area (Å²) in [4.78, 5) is 11.2. The van der Waals surface area contributed by atoms with E-state index in [1.165, 1.54) is 0 Å². The molecule has 0 bridgehead atoms. The van der Waals surface area contributed by atoms with Crippen LogP contribution in [0.4, 0.5) is 11.5 Å². The summed E-state index contributed by atoms with van der Waals surface area (Å²) in [5.74, 6) is 0.143. The highest BCUT2D eigenvalue weighted by Gasteiger charge is 2.12. The third-order valence-electron chi connectivity index (χ3n) is 2.71. The van der Waals surface area contributed by atoms with E-state index >= 15 is 0 Å². The summed E-state index contributed by atoms with van der Waals surface area (Å²) >= 11 is 0. The number of hydrogen-bond donors (Lipinski definition) is 2. The zero-order chi connectivity index (χ0) is 14.0. The van der Waals surface area contributed by atoms with Crippen LogP contribution >= 0.6 is 0 Å². The van der Waals surface area contributed by atoms with E-state index in [1.807, 2.05) is 6.92 Å². The highest BCUT2D eigenvalue weighted by atomic mass is 16.5. The van der Waals surface area contributed by atoms with Gasteiger partial charge in [-0.2, -0.15) is 5.10 Å². The second-order valence-electron chi connectivity index (χ2n) is 4.17. The van der Waals surface area contributed by atoms with Gasteiger partial charge >= 0.3 is 5.97 Å². The third kappa shape index (κ3) is 2.67. The van der Waals surface area contributed by atoms with Crippen molar-refractivity contribution in [2.24, 2.45) is 7.05 Å². The molecule has 0 aliphatic heterocycles. The van der Waals surface area contributed by atoms with E-state index in [0.717, 1.165) is 5.56 Å². The number of methoxy groups -OCH3 is 1. The lowest BCUT2D eigenvalue weighted by Crippen LogP contribution is -2.03. The maximum atomic E-state index is 11.2. The molecule has 1 aromatic carbocycles. The Morgan fingerprint density at radius 3 is 2.74 bits per heavy atom. The number of anilines is 2. The summed E-state index contributed by atoms with van der Waals surface area (Å²) in [6, 6.07) is 6.80. The van der Waals surface area contributed by atoms with E-state index in [2.05, 4.69) is 10.4 Å². The summed E-state index contributed by atoms with van der Waals surface area (Å²) < 4.78 is 6.68. The number of carbonyl (C=O) groups is 1. The molecule has 2 N–H and O–H groups in total. The molecule has 19 heavy (non-hydrogen) atoms. The molecule has 0 fully saturated rings. The molecule has 0 unspecified atom stereocenters. The summed E-state index contributed by atoms with van der Waals surface area (Å²) in [5, 5.41) is 16.3. The highest BCUT2D eigenvalue weighted by Crippen LogP contribution is 2.24. The number of nitrogens with zero attached hydrogens (tertiary/aromatic N) is 2. The number of aromatic nitrogens is 2. The molecule has 0 saturated heterocycles. The van der Waals surface area contributed by atoms with Gasteiger partial charge < -0.3 is 15.2 Å². The van der Waals surface area contributed by atoms with E-state index in [-0.39, 0.29) is 5.56 Å². The topological polar surface area (TPSA) is 76.4 Å². The second-order valence-corrected chi connectivity index (χ2v) is 4.17. The van der Waals surface area contributed by atoms with E-state index in [1.54, 1.807) is 43.1 Å². The first-order chi connectivity index (χ1) is 9.01. The Bertz CT molecular complexity index is 620. The van der Waals surface area contributed by atoms with Gasteiger partial charge in [-0.15, -0.1) is 0 Å². The van der Waals surface area contributed by atoms with Crippen molar-refractivity contribution in [3.8, 4) is 5.88 Å². The monoisotopic (exact) mass is 261 g/mol. The minimum Gasteiger partial charge on any atom is -0.481 e. The van der Waals surface area contributed by atoms with Gasteiger partial charge in [-0.05, 0) is 24.6 Å². The molecule has 2 aromatic rings. The number of carboxylic acids is 1. The van der Waals surface area contributed by atoms with Gasteiger partial charge in [0.2, 0.25) is 5.88 Å².